The van der Waals surface area contributed by atoms with E-state index in [1.165, 1.54) is 0 Å². The van der Waals surface area contributed by atoms with Crippen molar-refractivity contribution in [3.63, 3.8) is 0 Å². The molecule has 0 saturated heterocycles. The third-order valence-electron chi connectivity index (χ3n) is 4.25. The molecule has 4 rings (SSSR count). The normalized spacial score (nSPS) is 13.6. The van der Waals surface area contributed by atoms with Gasteiger partial charge < -0.3 is 24.2 Å². The van der Waals surface area contributed by atoms with Crippen molar-refractivity contribution in [3.05, 3.63) is 47.3 Å². The molecule has 8 nitrogen and oxygen atoms in total. The summed E-state index contributed by atoms with van der Waals surface area (Å²) in [5.74, 6) is 1.22. The first kappa shape index (κ1) is 16.2. The minimum absolute atomic E-state index is 0.0268. The number of rotatable bonds is 7. The Labute approximate surface area is 148 Å². The Morgan fingerprint density at radius 1 is 1.27 bits per heavy atom. The number of hydrogen-bond donors (Lipinski definition) is 2. The van der Waals surface area contributed by atoms with Crippen LogP contribution in [-0.4, -0.2) is 28.5 Å². The number of carboxylic acids is 1. The van der Waals surface area contributed by atoms with Crippen LogP contribution < -0.4 is 10.1 Å². The van der Waals surface area contributed by atoms with Crippen LogP contribution in [0.3, 0.4) is 0 Å². The van der Waals surface area contributed by atoms with Crippen molar-refractivity contribution in [2.75, 3.05) is 12.4 Å². The average molecular weight is 355 g/mol. The fourth-order valence-electron chi connectivity index (χ4n) is 2.69. The number of aromatic nitrogens is 2. The Kier molecular flexibility index (Phi) is 4.08. The van der Waals surface area contributed by atoms with E-state index in [4.69, 9.17) is 13.8 Å². The van der Waals surface area contributed by atoms with E-state index in [0.29, 0.717) is 29.5 Å². The van der Waals surface area contributed by atoms with Crippen LogP contribution in [-0.2, 0) is 6.54 Å². The number of hydrogen-bond acceptors (Lipinski definition) is 7. The zero-order valence-corrected chi connectivity index (χ0v) is 14.1. The number of nitrogens with zero attached hydrogens (tertiary/aromatic N) is 2. The molecule has 1 aliphatic carbocycles. The van der Waals surface area contributed by atoms with Crippen molar-refractivity contribution in [1.29, 1.82) is 0 Å². The highest BCUT2D eigenvalue weighted by Gasteiger charge is 2.28. The summed E-state index contributed by atoms with van der Waals surface area (Å²) in [6, 6.07) is 8.77. The van der Waals surface area contributed by atoms with Gasteiger partial charge in [0.15, 0.2) is 17.1 Å². The average Bonchev–Trinajstić information content (AvgIpc) is 3.24. The summed E-state index contributed by atoms with van der Waals surface area (Å²) in [5, 5.41) is 20.4. The molecule has 1 fully saturated rings. The lowest BCUT2D eigenvalue weighted by Gasteiger charge is -2.03. The fraction of sp³-hybridized carbons (Fsp3) is 0.278. The van der Waals surface area contributed by atoms with E-state index in [2.05, 4.69) is 15.6 Å². The maximum atomic E-state index is 11.7. The fourth-order valence-corrected chi connectivity index (χ4v) is 2.69. The number of methoxy groups -OCH3 is 1. The molecule has 2 heterocycles. The summed E-state index contributed by atoms with van der Waals surface area (Å²) in [5.41, 5.74) is 1.26. The lowest BCUT2D eigenvalue weighted by Crippen LogP contribution is -2.06. The van der Waals surface area contributed by atoms with Crippen molar-refractivity contribution in [1.82, 2.24) is 10.3 Å². The van der Waals surface area contributed by atoms with Crippen LogP contribution >= 0.6 is 0 Å². The second-order valence-electron chi connectivity index (χ2n) is 6.12. The Morgan fingerprint density at radius 3 is 2.69 bits per heavy atom. The van der Waals surface area contributed by atoms with Crippen molar-refractivity contribution in [2.24, 2.45) is 0 Å². The SMILES string of the molecule is COc1ccc(-c2onc(NCc3cc(C4CC4)on3)c2C(=O)O)cc1. The molecule has 3 aromatic rings. The predicted octanol–water partition coefficient (Wildman–Crippen LogP) is 3.53. The van der Waals surface area contributed by atoms with Gasteiger partial charge in [0.25, 0.3) is 0 Å². The Balaban J connectivity index is 1.55. The molecule has 0 bridgehead atoms. The number of aromatic carboxylic acids is 1. The molecule has 0 radical (unpaired) electrons. The highest BCUT2D eigenvalue weighted by molar-refractivity contribution is 5.99. The standard InChI is InChI=1S/C18H17N3O5/c1-24-13-6-4-11(5-7-13)16-15(18(22)23)17(21-26-16)19-9-12-8-14(25-20-12)10-2-3-10/h4-8,10H,2-3,9H2,1H3,(H,19,21)(H,22,23). The van der Waals surface area contributed by atoms with Gasteiger partial charge in [-0.25, -0.2) is 4.79 Å². The molecule has 0 aliphatic heterocycles. The van der Waals surface area contributed by atoms with Gasteiger partial charge >= 0.3 is 5.97 Å². The molecule has 26 heavy (non-hydrogen) atoms. The lowest BCUT2D eigenvalue weighted by molar-refractivity contribution is 0.0698. The molecule has 0 spiro atoms. The van der Waals surface area contributed by atoms with Gasteiger partial charge in [-0.15, -0.1) is 0 Å². The lowest BCUT2D eigenvalue weighted by atomic mass is 10.1. The topological polar surface area (TPSA) is 111 Å². The molecule has 1 saturated carbocycles. The summed E-state index contributed by atoms with van der Waals surface area (Å²) >= 11 is 0. The zero-order valence-electron chi connectivity index (χ0n) is 14.1. The van der Waals surface area contributed by atoms with Gasteiger partial charge in [0.05, 0.1) is 13.7 Å². The summed E-state index contributed by atoms with van der Waals surface area (Å²) in [6.45, 7) is 0.297. The molecule has 2 N–H and O–H groups in total. The largest absolute Gasteiger partial charge is 0.497 e. The minimum Gasteiger partial charge on any atom is -0.497 e. The number of anilines is 1. The molecule has 2 aromatic heterocycles. The van der Waals surface area contributed by atoms with Crippen LogP contribution in [0.25, 0.3) is 11.3 Å². The van der Waals surface area contributed by atoms with Gasteiger partial charge in [-0.1, -0.05) is 10.3 Å². The van der Waals surface area contributed by atoms with E-state index in [1.54, 1.807) is 31.4 Å². The van der Waals surface area contributed by atoms with Crippen molar-refractivity contribution < 1.29 is 23.7 Å². The quantitative estimate of drug-likeness (QED) is 0.662. The van der Waals surface area contributed by atoms with E-state index in [-0.39, 0.29) is 17.1 Å². The van der Waals surface area contributed by atoms with Gasteiger partial charge in [0, 0.05) is 17.5 Å². The van der Waals surface area contributed by atoms with Crippen LogP contribution in [0.5, 0.6) is 5.75 Å². The molecule has 8 heteroatoms. The monoisotopic (exact) mass is 355 g/mol. The number of carboxylic acid groups (broad SMARTS) is 1. The first-order valence-corrected chi connectivity index (χ1v) is 8.22. The predicted molar refractivity (Wildman–Crippen MR) is 91.3 cm³/mol. The van der Waals surface area contributed by atoms with Gasteiger partial charge in [0.1, 0.15) is 17.2 Å². The van der Waals surface area contributed by atoms with Gasteiger partial charge in [-0.3, -0.25) is 0 Å². The Hall–Kier alpha value is -3.29. The Bertz CT molecular complexity index is 925. The van der Waals surface area contributed by atoms with E-state index in [0.717, 1.165) is 18.6 Å². The van der Waals surface area contributed by atoms with Crippen LogP contribution in [0, 0.1) is 0 Å². The van der Waals surface area contributed by atoms with Gasteiger partial charge in [-0.05, 0) is 37.1 Å². The smallest absolute Gasteiger partial charge is 0.343 e. The maximum Gasteiger partial charge on any atom is 0.343 e. The first-order valence-electron chi connectivity index (χ1n) is 8.22. The third kappa shape index (κ3) is 3.13. The van der Waals surface area contributed by atoms with Gasteiger partial charge in [0.2, 0.25) is 0 Å². The van der Waals surface area contributed by atoms with Crippen LogP contribution in [0.2, 0.25) is 0 Å². The zero-order chi connectivity index (χ0) is 18.1. The summed E-state index contributed by atoms with van der Waals surface area (Å²) in [7, 11) is 1.56. The van der Waals surface area contributed by atoms with E-state index in [9.17, 15) is 9.90 Å². The number of ether oxygens (including phenoxy) is 1. The summed E-state index contributed by atoms with van der Waals surface area (Å²) < 4.78 is 15.7. The minimum atomic E-state index is -1.13. The summed E-state index contributed by atoms with van der Waals surface area (Å²) in [6.07, 6.45) is 2.25. The molecular formula is C18H17N3O5. The van der Waals surface area contributed by atoms with E-state index >= 15 is 0 Å². The van der Waals surface area contributed by atoms with E-state index < -0.39 is 5.97 Å². The molecule has 1 aromatic carbocycles. The number of carbonyl (C=O) groups is 1. The second kappa shape index (κ2) is 6.55. The van der Waals surface area contributed by atoms with Gasteiger partial charge in [-0.2, -0.15) is 0 Å². The third-order valence-corrected chi connectivity index (χ3v) is 4.25. The molecule has 0 unspecified atom stereocenters. The number of nitrogens with one attached hydrogen (secondary N) is 1. The van der Waals surface area contributed by atoms with Crippen LogP contribution in [0.15, 0.2) is 39.4 Å². The summed E-state index contributed by atoms with van der Waals surface area (Å²) in [4.78, 5) is 11.7. The first-order chi connectivity index (χ1) is 12.7. The van der Waals surface area contributed by atoms with Crippen LogP contribution in [0.1, 0.15) is 40.6 Å². The van der Waals surface area contributed by atoms with Crippen molar-refractivity contribution in [2.45, 2.75) is 25.3 Å². The highest BCUT2D eigenvalue weighted by atomic mass is 16.5. The molecule has 0 atom stereocenters. The molecule has 1 aliphatic rings. The molecule has 134 valence electrons. The molecule has 0 amide bonds. The maximum absolute atomic E-state index is 11.7. The Morgan fingerprint density at radius 2 is 2.04 bits per heavy atom. The number of benzene rings is 1. The van der Waals surface area contributed by atoms with E-state index in [1.807, 2.05) is 6.07 Å². The highest BCUT2D eigenvalue weighted by Crippen LogP contribution is 2.40. The molecular weight excluding hydrogens is 338 g/mol. The van der Waals surface area contributed by atoms with Crippen LogP contribution in [0.4, 0.5) is 5.82 Å². The van der Waals surface area contributed by atoms with Crippen molar-refractivity contribution in [3.8, 4) is 17.1 Å². The van der Waals surface area contributed by atoms with Crippen molar-refractivity contribution >= 4 is 11.8 Å². The second-order valence-corrected chi connectivity index (χ2v) is 6.12.